The molecule has 1 aromatic carbocycles. The monoisotopic (exact) mass is 318 g/mol. The minimum Gasteiger partial charge on any atom is -0.496 e. The number of ether oxygens (including phenoxy) is 1. The van der Waals surface area contributed by atoms with Gasteiger partial charge in [0.25, 0.3) is 0 Å². The van der Waals surface area contributed by atoms with Gasteiger partial charge in [-0.25, -0.2) is 0 Å². The highest BCUT2D eigenvalue weighted by Crippen LogP contribution is 2.19. The number of hydrogen-bond acceptors (Lipinski definition) is 3. The summed E-state index contributed by atoms with van der Waals surface area (Å²) in [5, 5.41) is 0. The summed E-state index contributed by atoms with van der Waals surface area (Å²) in [6, 6.07) is 7.59. The topological polar surface area (TPSA) is 49.9 Å². The van der Waals surface area contributed by atoms with Gasteiger partial charge in [-0.2, -0.15) is 0 Å². The molecule has 0 spiro atoms. The van der Waals surface area contributed by atoms with Crippen molar-refractivity contribution in [2.45, 2.75) is 32.6 Å². The largest absolute Gasteiger partial charge is 0.496 e. The van der Waals surface area contributed by atoms with Crippen LogP contribution in [0.15, 0.2) is 24.3 Å². The van der Waals surface area contributed by atoms with Gasteiger partial charge in [0.2, 0.25) is 11.8 Å². The minimum absolute atomic E-state index is 0.0927. The molecule has 0 N–H and O–H groups in total. The number of hydrogen-bond donors (Lipinski definition) is 0. The first-order chi connectivity index (χ1) is 11.2. The molecular weight excluding hydrogens is 292 g/mol. The third-order valence-corrected chi connectivity index (χ3v) is 4.26. The zero-order valence-corrected chi connectivity index (χ0v) is 14.1. The lowest BCUT2D eigenvalue weighted by molar-refractivity contribution is -0.139. The zero-order valence-electron chi connectivity index (χ0n) is 14.1. The molecule has 0 bridgehead atoms. The SMILES string of the molecule is CCCCC(=O)N1CCN(C(=O)Cc2ccccc2OC)CC1. The van der Waals surface area contributed by atoms with E-state index in [1.807, 2.05) is 34.1 Å². The molecule has 1 aliphatic heterocycles. The summed E-state index contributed by atoms with van der Waals surface area (Å²) < 4.78 is 5.30. The van der Waals surface area contributed by atoms with Crippen LogP contribution in [0, 0.1) is 0 Å². The van der Waals surface area contributed by atoms with Crippen LogP contribution in [-0.4, -0.2) is 54.9 Å². The molecule has 5 heteroatoms. The van der Waals surface area contributed by atoms with Gasteiger partial charge in [-0.15, -0.1) is 0 Å². The van der Waals surface area contributed by atoms with Crippen LogP contribution in [0.3, 0.4) is 0 Å². The summed E-state index contributed by atoms with van der Waals surface area (Å²) in [5.41, 5.74) is 0.904. The van der Waals surface area contributed by atoms with Crippen molar-refractivity contribution in [2.75, 3.05) is 33.3 Å². The number of carbonyl (C=O) groups excluding carboxylic acids is 2. The van der Waals surface area contributed by atoms with Gasteiger partial charge in [-0.1, -0.05) is 31.5 Å². The fraction of sp³-hybridized carbons (Fsp3) is 0.556. The van der Waals surface area contributed by atoms with E-state index in [1.54, 1.807) is 7.11 Å². The number of amides is 2. The summed E-state index contributed by atoms with van der Waals surface area (Å²) in [5.74, 6) is 1.05. The van der Waals surface area contributed by atoms with Gasteiger partial charge in [-0.05, 0) is 12.5 Å². The van der Waals surface area contributed by atoms with Gasteiger partial charge in [0.15, 0.2) is 0 Å². The normalized spacial score (nSPS) is 14.7. The molecule has 1 aromatic rings. The fourth-order valence-electron chi connectivity index (χ4n) is 2.82. The first-order valence-corrected chi connectivity index (χ1v) is 8.33. The highest BCUT2D eigenvalue weighted by molar-refractivity contribution is 5.80. The van der Waals surface area contributed by atoms with E-state index < -0.39 is 0 Å². The molecule has 0 saturated carbocycles. The second-order valence-corrected chi connectivity index (χ2v) is 5.85. The van der Waals surface area contributed by atoms with Gasteiger partial charge in [0, 0.05) is 38.2 Å². The molecule has 1 heterocycles. The Bertz CT molecular complexity index is 537. The lowest BCUT2D eigenvalue weighted by Gasteiger charge is -2.35. The van der Waals surface area contributed by atoms with E-state index in [0.717, 1.165) is 24.2 Å². The van der Waals surface area contributed by atoms with E-state index in [4.69, 9.17) is 4.74 Å². The number of para-hydroxylation sites is 1. The minimum atomic E-state index is 0.0927. The van der Waals surface area contributed by atoms with Crippen molar-refractivity contribution in [3.63, 3.8) is 0 Å². The second-order valence-electron chi connectivity index (χ2n) is 5.85. The fourth-order valence-corrected chi connectivity index (χ4v) is 2.82. The Labute approximate surface area is 138 Å². The van der Waals surface area contributed by atoms with Crippen molar-refractivity contribution in [3.05, 3.63) is 29.8 Å². The summed E-state index contributed by atoms with van der Waals surface area (Å²) in [7, 11) is 1.62. The Morgan fingerprint density at radius 1 is 1.04 bits per heavy atom. The van der Waals surface area contributed by atoms with Crippen LogP contribution in [0.25, 0.3) is 0 Å². The quantitative estimate of drug-likeness (QED) is 0.807. The summed E-state index contributed by atoms with van der Waals surface area (Å²) >= 11 is 0. The Balaban J connectivity index is 1.85. The second kappa shape index (κ2) is 8.56. The smallest absolute Gasteiger partial charge is 0.227 e. The molecule has 0 unspecified atom stereocenters. The van der Waals surface area contributed by atoms with E-state index in [-0.39, 0.29) is 11.8 Å². The number of rotatable bonds is 6. The molecule has 0 aliphatic carbocycles. The maximum Gasteiger partial charge on any atom is 0.227 e. The van der Waals surface area contributed by atoms with Crippen molar-refractivity contribution < 1.29 is 14.3 Å². The molecule has 1 aliphatic rings. The van der Waals surface area contributed by atoms with Crippen LogP contribution in [0.1, 0.15) is 31.7 Å². The Morgan fingerprint density at radius 2 is 1.65 bits per heavy atom. The average Bonchev–Trinajstić information content (AvgIpc) is 2.60. The molecule has 126 valence electrons. The standard InChI is InChI=1S/C18H26N2O3/c1-3-4-9-17(21)19-10-12-20(13-11-19)18(22)14-15-7-5-6-8-16(15)23-2/h5-8H,3-4,9-14H2,1-2H3. The van der Waals surface area contributed by atoms with Gasteiger partial charge in [0.05, 0.1) is 13.5 Å². The van der Waals surface area contributed by atoms with Crippen LogP contribution in [0.5, 0.6) is 5.75 Å². The van der Waals surface area contributed by atoms with E-state index >= 15 is 0 Å². The third kappa shape index (κ3) is 4.71. The Kier molecular flexibility index (Phi) is 6.44. The van der Waals surface area contributed by atoms with Crippen molar-refractivity contribution in [2.24, 2.45) is 0 Å². The Morgan fingerprint density at radius 3 is 2.26 bits per heavy atom. The maximum absolute atomic E-state index is 12.5. The highest BCUT2D eigenvalue weighted by Gasteiger charge is 2.24. The molecule has 1 fully saturated rings. The number of carbonyl (C=O) groups is 2. The lowest BCUT2D eigenvalue weighted by Crippen LogP contribution is -2.50. The molecular formula is C18H26N2O3. The number of piperazine rings is 1. The van der Waals surface area contributed by atoms with Crippen LogP contribution >= 0.6 is 0 Å². The van der Waals surface area contributed by atoms with Crippen LogP contribution in [0.2, 0.25) is 0 Å². The molecule has 0 radical (unpaired) electrons. The molecule has 2 amide bonds. The van der Waals surface area contributed by atoms with E-state index in [0.29, 0.717) is 39.0 Å². The van der Waals surface area contributed by atoms with E-state index in [1.165, 1.54) is 0 Å². The number of benzene rings is 1. The van der Waals surface area contributed by atoms with Crippen LogP contribution < -0.4 is 4.74 Å². The van der Waals surface area contributed by atoms with Crippen molar-refractivity contribution in [3.8, 4) is 5.75 Å². The highest BCUT2D eigenvalue weighted by atomic mass is 16.5. The van der Waals surface area contributed by atoms with E-state index in [9.17, 15) is 9.59 Å². The summed E-state index contributed by atoms with van der Waals surface area (Å²) in [6.45, 7) is 4.60. The van der Waals surface area contributed by atoms with Crippen molar-refractivity contribution >= 4 is 11.8 Å². The summed E-state index contributed by atoms with van der Waals surface area (Å²) in [4.78, 5) is 28.2. The molecule has 2 rings (SSSR count). The maximum atomic E-state index is 12.5. The van der Waals surface area contributed by atoms with Gasteiger partial charge in [0.1, 0.15) is 5.75 Å². The number of nitrogens with zero attached hydrogens (tertiary/aromatic N) is 2. The zero-order chi connectivity index (χ0) is 16.7. The van der Waals surface area contributed by atoms with Gasteiger partial charge >= 0.3 is 0 Å². The molecule has 0 aromatic heterocycles. The molecule has 1 saturated heterocycles. The predicted octanol–water partition coefficient (Wildman–Crippen LogP) is 2.10. The van der Waals surface area contributed by atoms with Crippen LogP contribution in [0.4, 0.5) is 0 Å². The molecule has 0 atom stereocenters. The van der Waals surface area contributed by atoms with Crippen LogP contribution in [-0.2, 0) is 16.0 Å². The Hall–Kier alpha value is -2.04. The van der Waals surface area contributed by atoms with Crippen molar-refractivity contribution in [1.29, 1.82) is 0 Å². The third-order valence-electron chi connectivity index (χ3n) is 4.26. The first kappa shape index (κ1) is 17.3. The van der Waals surface area contributed by atoms with Gasteiger partial charge in [-0.3, -0.25) is 9.59 Å². The predicted molar refractivity (Wildman–Crippen MR) is 89.4 cm³/mol. The molecule has 5 nitrogen and oxygen atoms in total. The first-order valence-electron chi connectivity index (χ1n) is 8.33. The van der Waals surface area contributed by atoms with Gasteiger partial charge < -0.3 is 14.5 Å². The number of methoxy groups -OCH3 is 1. The number of unbranched alkanes of at least 4 members (excludes halogenated alkanes) is 1. The lowest BCUT2D eigenvalue weighted by atomic mass is 10.1. The average molecular weight is 318 g/mol. The van der Waals surface area contributed by atoms with E-state index in [2.05, 4.69) is 6.92 Å². The summed E-state index contributed by atoms with van der Waals surface area (Å²) in [6.07, 6.45) is 2.92. The van der Waals surface area contributed by atoms with Crippen molar-refractivity contribution in [1.82, 2.24) is 9.80 Å². The molecule has 23 heavy (non-hydrogen) atoms.